The number of pyridine rings is 1. The van der Waals surface area contributed by atoms with Gasteiger partial charge in [-0.05, 0) is 130 Å². The van der Waals surface area contributed by atoms with E-state index in [2.05, 4.69) is 39.5 Å². The average Bonchev–Trinajstić information content (AvgIpc) is 3.36. The lowest BCUT2D eigenvalue weighted by molar-refractivity contribution is -0.164. The van der Waals surface area contributed by atoms with E-state index in [4.69, 9.17) is 9.47 Å². The minimum Gasteiger partial charge on any atom is -0.506 e. The molecule has 14 heteroatoms. The Morgan fingerprint density at radius 2 is 1.44 bits per heavy atom. The number of benzene rings is 4. The van der Waals surface area contributed by atoms with Crippen LogP contribution in [0.3, 0.4) is 0 Å². The van der Waals surface area contributed by atoms with Crippen molar-refractivity contribution >= 4 is 42.1 Å². The van der Waals surface area contributed by atoms with Gasteiger partial charge < -0.3 is 40.0 Å². The fourth-order valence-electron chi connectivity index (χ4n) is 10.2. The van der Waals surface area contributed by atoms with Gasteiger partial charge in [0.2, 0.25) is 17.1 Å². The van der Waals surface area contributed by atoms with Crippen LogP contribution in [0.4, 0.5) is 0 Å². The molecule has 68 heavy (non-hydrogen) atoms. The summed E-state index contributed by atoms with van der Waals surface area (Å²) in [6, 6.07) is 32.0. The van der Waals surface area contributed by atoms with E-state index in [1.54, 1.807) is 60.7 Å². The number of aliphatic hydroxyl groups is 2. The summed E-state index contributed by atoms with van der Waals surface area (Å²) in [4.78, 5) is 59.5. The highest BCUT2D eigenvalue weighted by Gasteiger charge is 2.42. The van der Waals surface area contributed by atoms with Crippen molar-refractivity contribution in [3.8, 4) is 11.5 Å². The van der Waals surface area contributed by atoms with Crippen molar-refractivity contribution < 1.29 is 39.2 Å². The smallest absolute Gasteiger partial charge is 0.347 e. The summed E-state index contributed by atoms with van der Waals surface area (Å²) < 4.78 is 11.9. The lowest BCUT2D eigenvalue weighted by atomic mass is 9.79. The monoisotopic (exact) mass is 946 g/mol. The Kier molecular flexibility index (Phi) is 17.5. The summed E-state index contributed by atoms with van der Waals surface area (Å²) in [6.07, 6.45) is 6.16. The molecule has 2 saturated heterocycles. The number of phenols is 1. The molecule has 2 atom stereocenters. The molecule has 5 N–H and O–H groups in total. The van der Waals surface area contributed by atoms with Crippen molar-refractivity contribution in [2.75, 3.05) is 52.5 Å². The van der Waals surface area contributed by atoms with Crippen LogP contribution < -0.4 is 15.6 Å². The van der Waals surface area contributed by atoms with Gasteiger partial charge >= 0.3 is 5.97 Å². The number of aromatic amines is 1. The average molecular weight is 947 g/mol. The van der Waals surface area contributed by atoms with Crippen molar-refractivity contribution in [3.63, 3.8) is 0 Å². The first-order valence-corrected chi connectivity index (χ1v) is 24.0. The molecule has 362 valence electrons. The maximum absolute atomic E-state index is 13.9. The Balaban J connectivity index is 0.00000684. The van der Waals surface area contributed by atoms with Crippen LogP contribution in [0.15, 0.2) is 114 Å². The first-order chi connectivity index (χ1) is 32.5. The molecule has 3 fully saturated rings. The second kappa shape index (κ2) is 23.7. The third kappa shape index (κ3) is 12.6. The Labute approximate surface area is 405 Å². The number of piperidine rings is 2. The minimum absolute atomic E-state index is 0. The van der Waals surface area contributed by atoms with Crippen LogP contribution >= 0.6 is 13.5 Å². The van der Waals surface area contributed by atoms with Gasteiger partial charge in [0.25, 0.3) is 0 Å². The summed E-state index contributed by atoms with van der Waals surface area (Å²) in [5.74, 6) is 0.433. The van der Waals surface area contributed by atoms with Crippen LogP contribution in [-0.2, 0) is 31.3 Å². The van der Waals surface area contributed by atoms with Crippen molar-refractivity contribution in [3.05, 3.63) is 142 Å². The van der Waals surface area contributed by atoms with Gasteiger partial charge in [-0.15, -0.1) is 0 Å². The zero-order valence-corrected chi connectivity index (χ0v) is 39.7. The molecule has 1 aliphatic carbocycles. The standard InChI is InChI=1S/C54H64N4O9.H2S/c59-44(30-37-14-16-41(17-15-37)52(63)58-28-24-38(25-29-58)32-55-33-49(61)46-18-20-48(60)51-47(46)19-21-50(62)56-51)36-66-45-13-7-12-43(31-45)54(65,42-10-5-2-6-11-42)53(64)67-35-40-22-26-57(27-23-40)34-39-8-3-1-4-9-39;/h1-13,18-21,31,37-38,40-41,49,55,60-61,65H,14-17,22-30,32-36H2,(H,56,62);1H2/t37?,41?,49-,54-;/m0./s1. The number of ketones is 1. The molecule has 5 aromatic rings. The predicted molar refractivity (Wildman–Crippen MR) is 266 cm³/mol. The van der Waals surface area contributed by atoms with Gasteiger partial charge in [0.1, 0.15) is 18.1 Å². The number of fused-ring (bicyclic) bond motifs is 1. The number of esters is 1. The summed E-state index contributed by atoms with van der Waals surface area (Å²) in [6.45, 7) is 5.20. The molecular weight excluding hydrogens is 881 g/mol. The number of carbonyl (C=O) groups is 3. The molecule has 13 nitrogen and oxygen atoms in total. The van der Waals surface area contributed by atoms with E-state index in [-0.39, 0.29) is 67.5 Å². The van der Waals surface area contributed by atoms with Crippen LogP contribution in [-0.4, -0.2) is 100 Å². The van der Waals surface area contributed by atoms with Crippen LogP contribution in [0.5, 0.6) is 11.5 Å². The fraction of sp³-hybridized carbons (Fsp3) is 0.444. The molecule has 0 spiro atoms. The maximum Gasteiger partial charge on any atom is 0.347 e. The van der Waals surface area contributed by atoms with E-state index in [0.717, 1.165) is 71.0 Å². The number of rotatable bonds is 18. The van der Waals surface area contributed by atoms with Crippen molar-refractivity contribution in [2.45, 2.75) is 76.0 Å². The molecule has 3 heterocycles. The van der Waals surface area contributed by atoms with Gasteiger partial charge in [0, 0.05) is 55.5 Å². The van der Waals surface area contributed by atoms with E-state index >= 15 is 0 Å². The zero-order valence-electron chi connectivity index (χ0n) is 38.7. The normalized spacial score (nSPS) is 19.6. The summed E-state index contributed by atoms with van der Waals surface area (Å²) in [5, 5.41) is 37.3. The number of aromatic hydroxyl groups is 1. The number of nitrogens with one attached hydrogen (secondary N) is 2. The largest absolute Gasteiger partial charge is 0.506 e. The lowest BCUT2D eigenvalue weighted by Gasteiger charge is -2.36. The molecule has 0 radical (unpaired) electrons. The second-order valence-electron chi connectivity index (χ2n) is 18.9. The molecule has 4 aromatic carbocycles. The third-order valence-electron chi connectivity index (χ3n) is 14.2. The van der Waals surface area contributed by atoms with Crippen LogP contribution in [0, 0.1) is 23.7 Å². The van der Waals surface area contributed by atoms with Gasteiger partial charge in [-0.3, -0.25) is 19.3 Å². The highest BCUT2D eigenvalue weighted by atomic mass is 32.1. The first kappa shape index (κ1) is 50.4. The van der Waals surface area contributed by atoms with Crippen molar-refractivity contribution in [2.24, 2.45) is 23.7 Å². The van der Waals surface area contributed by atoms with Crippen molar-refractivity contribution in [1.29, 1.82) is 0 Å². The number of hydrogen-bond acceptors (Lipinski definition) is 11. The summed E-state index contributed by atoms with van der Waals surface area (Å²) in [5.41, 5.74) is 0.486. The zero-order chi connectivity index (χ0) is 46.8. The Morgan fingerprint density at radius 3 is 2.16 bits per heavy atom. The van der Waals surface area contributed by atoms with Gasteiger partial charge in [0.05, 0.1) is 18.2 Å². The summed E-state index contributed by atoms with van der Waals surface area (Å²) in [7, 11) is 0. The molecular formula is C54H66N4O9S. The SMILES string of the molecule is O=C(COc1cccc([C@](O)(C(=O)OCC2CCN(Cc3ccccc3)CC2)c2ccccc2)c1)CC1CCC(C(=O)N2CCC(CNC[C@H](O)c3ccc(O)c4[nH]c(=O)ccc34)CC2)CC1.S. The maximum atomic E-state index is 13.9. The number of aliphatic hydroxyl groups excluding tert-OH is 1. The number of hydrogen-bond donors (Lipinski definition) is 5. The van der Waals surface area contributed by atoms with E-state index in [9.17, 15) is 34.5 Å². The van der Waals surface area contributed by atoms with E-state index < -0.39 is 17.7 Å². The number of nitrogens with zero attached hydrogens (tertiary/aromatic N) is 2. The van der Waals surface area contributed by atoms with Gasteiger partial charge in [0.15, 0.2) is 5.78 Å². The first-order valence-electron chi connectivity index (χ1n) is 24.0. The molecule has 1 amide bonds. The number of aromatic nitrogens is 1. The molecule has 1 aromatic heterocycles. The Bertz CT molecular complexity index is 2500. The molecule has 0 unspecified atom stereocenters. The number of carbonyl (C=O) groups excluding carboxylic acids is 3. The fourth-order valence-corrected chi connectivity index (χ4v) is 10.2. The Morgan fingerprint density at radius 1 is 0.765 bits per heavy atom. The number of likely N-dealkylation sites (tertiary alicyclic amines) is 2. The second-order valence-corrected chi connectivity index (χ2v) is 18.9. The van der Waals surface area contributed by atoms with Gasteiger partial charge in [-0.25, -0.2) is 4.79 Å². The molecule has 1 saturated carbocycles. The number of H-pyrrole nitrogens is 1. The topological polar surface area (TPSA) is 182 Å². The van der Waals surface area contributed by atoms with E-state index in [0.29, 0.717) is 71.9 Å². The highest BCUT2D eigenvalue weighted by molar-refractivity contribution is 7.59. The molecule has 3 aliphatic rings. The number of phenolic OH excluding ortho intramolecular Hbond substituents is 1. The molecule has 2 aliphatic heterocycles. The number of Topliss-reactive ketones (excluding diaryl/α,β-unsaturated/α-hetero) is 1. The predicted octanol–water partition coefficient (Wildman–Crippen LogP) is 6.74. The van der Waals surface area contributed by atoms with Crippen LogP contribution in [0.1, 0.15) is 86.1 Å². The van der Waals surface area contributed by atoms with E-state index in [1.165, 1.54) is 17.7 Å². The highest BCUT2D eigenvalue weighted by Crippen LogP contribution is 2.36. The van der Waals surface area contributed by atoms with Crippen LogP contribution in [0.25, 0.3) is 10.9 Å². The molecule has 8 rings (SSSR count). The van der Waals surface area contributed by atoms with Crippen LogP contribution in [0.2, 0.25) is 0 Å². The number of amides is 1. The summed E-state index contributed by atoms with van der Waals surface area (Å²) >= 11 is 0. The third-order valence-corrected chi connectivity index (χ3v) is 14.2. The minimum atomic E-state index is -2.08. The van der Waals surface area contributed by atoms with Gasteiger partial charge in [-0.1, -0.05) is 78.9 Å². The van der Waals surface area contributed by atoms with E-state index in [1.807, 2.05) is 17.0 Å². The lowest BCUT2D eigenvalue weighted by Crippen LogP contribution is -2.44. The molecule has 0 bridgehead atoms. The Hall–Kier alpha value is -5.51. The van der Waals surface area contributed by atoms with Gasteiger partial charge in [-0.2, -0.15) is 13.5 Å². The number of ether oxygens (including phenoxy) is 2. The van der Waals surface area contributed by atoms with Crippen molar-refractivity contribution in [1.82, 2.24) is 20.1 Å². The quantitative estimate of drug-likeness (QED) is 0.0587.